The Labute approximate surface area is 164 Å². The summed E-state index contributed by atoms with van der Waals surface area (Å²) in [5.41, 5.74) is 9.16. The van der Waals surface area contributed by atoms with Gasteiger partial charge in [0.25, 0.3) is 0 Å². The van der Waals surface area contributed by atoms with E-state index in [1.54, 1.807) is 18.2 Å². The number of unbranched alkanes of at least 4 members (excludes halogenated alkanes) is 1. The summed E-state index contributed by atoms with van der Waals surface area (Å²) in [6, 6.07) is 15.9. The monoisotopic (exact) mass is 369 g/mol. The minimum atomic E-state index is -0.494. The van der Waals surface area contributed by atoms with Gasteiger partial charge in [-0.15, -0.1) is 0 Å². The Hall–Kier alpha value is -1.84. The Morgan fingerprint density at radius 2 is 1.52 bits per heavy atom. The molecule has 0 bridgehead atoms. The molecule has 4 N–H and O–H groups in total. The lowest BCUT2D eigenvalue weighted by Crippen LogP contribution is -2.02. The minimum Gasteiger partial charge on any atom is -0.508 e. The van der Waals surface area contributed by atoms with Gasteiger partial charge in [0.15, 0.2) is 0 Å². The second kappa shape index (κ2) is 11.8. The summed E-state index contributed by atoms with van der Waals surface area (Å²) in [6.07, 6.45) is 8.09. The Morgan fingerprint density at radius 1 is 0.852 bits per heavy atom. The number of aryl methyl sites for hydroxylation is 2. The zero-order valence-electron chi connectivity index (χ0n) is 16.6. The first-order chi connectivity index (χ1) is 13.1. The Bertz CT molecular complexity index is 654. The smallest absolute Gasteiger partial charge is 0.115 e. The average molecular weight is 370 g/mol. The summed E-state index contributed by atoms with van der Waals surface area (Å²) in [7, 11) is 0. The molecule has 0 aliphatic heterocycles. The van der Waals surface area contributed by atoms with Gasteiger partial charge in [-0.25, -0.2) is 0 Å². The fourth-order valence-corrected chi connectivity index (χ4v) is 3.49. The van der Waals surface area contributed by atoms with E-state index in [-0.39, 0.29) is 5.75 Å². The first-order valence-electron chi connectivity index (χ1n) is 10.3. The molecule has 0 fully saturated rings. The third-order valence-electron chi connectivity index (χ3n) is 5.29. The number of hydrogen-bond donors (Lipinski definition) is 3. The highest BCUT2D eigenvalue weighted by molar-refractivity contribution is 5.28. The maximum absolute atomic E-state index is 10.3. The van der Waals surface area contributed by atoms with E-state index in [0.717, 1.165) is 44.2 Å². The van der Waals surface area contributed by atoms with E-state index in [4.69, 9.17) is 5.73 Å². The molecule has 0 heterocycles. The van der Waals surface area contributed by atoms with Crippen molar-refractivity contribution in [2.45, 2.75) is 64.4 Å². The molecule has 2 aromatic carbocycles. The van der Waals surface area contributed by atoms with E-state index in [2.05, 4.69) is 31.2 Å². The molecule has 0 radical (unpaired) electrons. The summed E-state index contributed by atoms with van der Waals surface area (Å²) >= 11 is 0. The van der Waals surface area contributed by atoms with E-state index in [1.165, 1.54) is 30.4 Å². The van der Waals surface area contributed by atoms with Crippen molar-refractivity contribution in [2.75, 3.05) is 6.54 Å². The molecule has 0 aliphatic rings. The van der Waals surface area contributed by atoms with Crippen LogP contribution in [0.2, 0.25) is 0 Å². The molecular formula is C24H35NO2. The van der Waals surface area contributed by atoms with Crippen molar-refractivity contribution in [3.63, 3.8) is 0 Å². The van der Waals surface area contributed by atoms with Gasteiger partial charge in [-0.3, -0.25) is 0 Å². The molecule has 0 aliphatic carbocycles. The quantitative estimate of drug-likeness (QED) is 0.453. The van der Waals surface area contributed by atoms with Crippen molar-refractivity contribution in [2.24, 2.45) is 11.7 Å². The Balaban J connectivity index is 1.64. The van der Waals surface area contributed by atoms with Crippen LogP contribution in [0.5, 0.6) is 5.75 Å². The van der Waals surface area contributed by atoms with Gasteiger partial charge in [0.2, 0.25) is 0 Å². The maximum Gasteiger partial charge on any atom is 0.115 e. The molecule has 0 amide bonds. The van der Waals surface area contributed by atoms with Crippen LogP contribution < -0.4 is 5.73 Å². The number of aromatic hydroxyl groups is 1. The van der Waals surface area contributed by atoms with Gasteiger partial charge < -0.3 is 15.9 Å². The predicted octanol–water partition coefficient (Wildman–Crippen LogP) is 5.15. The van der Waals surface area contributed by atoms with Gasteiger partial charge in [-0.2, -0.15) is 0 Å². The van der Waals surface area contributed by atoms with E-state index >= 15 is 0 Å². The van der Waals surface area contributed by atoms with Crippen molar-refractivity contribution >= 4 is 0 Å². The van der Waals surface area contributed by atoms with Crippen LogP contribution in [-0.4, -0.2) is 16.8 Å². The normalized spacial score (nSPS) is 13.4. The number of aliphatic hydroxyl groups excluding tert-OH is 1. The third-order valence-corrected chi connectivity index (χ3v) is 5.29. The Kier molecular flexibility index (Phi) is 9.37. The van der Waals surface area contributed by atoms with E-state index < -0.39 is 6.10 Å². The highest BCUT2D eigenvalue weighted by Crippen LogP contribution is 2.25. The number of phenolic OH excluding ortho intramolecular Hbond substituents is 1. The lowest BCUT2D eigenvalue weighted by molar-refractivity contribution is 0.156. The van der Waals surface area contributed by atoms with Crippen molar-refractivity contribution in [1.82, 2.24) is 0 Å². The second-order valence-electron chi connectivity index (χ2n) is 7.75. The molecule has 3 heteroatoms. The molecule has 3 nitrogen and oxygen atoms in total. The van der Waals surface area contributed by atoms with Gasteiger partial charge in [0.05, 0.1) is 6.10 Å². The fourth-order valence-electron chi connectivity index (χ4n) is 3.49. The van der Waals surface area contributed by atoms with Crippen LogP contribution in [0.25, 0.3) is 0 Å². The predicted molar refractivity (Wildman–Crippen MR) is 113 cm³/mol. The Morgan fingerprint density at radius 3 is 2.15 bits per heavy atom. The fraction of sp³-hybridized carbons (Fsp3) is 0.500. The standard InChI is InChI=1S/C24H35NO2/c1-19(11-16-24(27)22-9-5-10-23(26)18-22)6-4-8-21-14-12-20(13-15-21)7-2-3-17-25/h5,9-10,12-15,18-19,24,26-27H,2-4,6-8,11,16-17,25H2,1H3/t19?,24-/m0/s1. The summed E-state index contributed by atoms with van der Waals surface area (Å²) in [4.78, 5) is 0. The number of rotatable bonds is 12. The van der Waals surface area contributed by atoms with E-state index in [9.17, 15) is 10.2 Å². The number of hydrogen-bond acceptors (Lipinski definition) is 3. The first-order valence-corrected chi connectivity index (χ1v) is 10.3. The first kappa shape index (κ1) is 21.5. The molecule has 1 unspecified atom stereocenters. The molecular weight excluding hydrogens is 334 g/mol. The number of aliphatic hydroxyl groups is 1. The molecule has 2 atom stereocenters. The molecule has 2 aromatic rings. The molecule has 0 aromatic heterocycles. The van der Waals surface area contributed by atoms with E-state index in [0.29, 0.717) is 5.92 Å². The summed E-state index contributed by atoms with van der Waals surface area (Å²) in [6.45, 7) is 3.04. The lowest BCUT2D eigenvalue weighted by Gasteiger charge is -2.15. The number of benzene rings is 2. The highest BCUT2D eigenvalue weighted by atomic mass is 16.3. The van der Waals surface area contributed by atoms with Crippen molar-refractivity contribution in [1.29, 1.82) is 0 Å². The largest absolute Gasteiger partial charge is 0.508 e. The van der Waals surface area contributed by atoms with Crippen LogP contribution in [0.4, 0.5) is 0 Å². The van der Waals surface area contributed by atoms with Crippen molar-refractivity contribution in [3.8, 4) is 5.75 Å². The molecule has 27 heavy (non-hydrogen) atoms. The molecule has 148 valence electrons. The molecule has 2 rings (SSSR count). The van der Waals surface area contributed by atoms with Gasteiger partial charge in [-0.05, 0) is 86.2 Å². The summed E-state index contributed by atoms with van der Waals surface area (Å²) in [5.74, 6) is 0.803. The number of phenols is 1. The topological polar surface area (TPSA) is 66.5 Å². The minimum absolute atomic E-state index is 0.213. The van der Waals surface area contributed by atoms with Crippen LogP contribution in [0.15, 0.2) is 48.5 Å². The zero-order chi connectivity index (χ0) is 19.5. The zero-order valence-corrected chi connectivity index (χ0v) is 16.6. The van der Waals surface area contributed by atoms with Crippen LogP contribution in [0.1, 0.15) is 68.2 Å². The average Bonchev–Trinajstić information content (AvgIpc) is 2.67. The SMILES string of the molecule is CC(CCCc1ccc(CCCCN)cc1)CC[C@H](O)c1cccc(O)c1. The molecule has 0 saturated carbocycles. The van der Waals surface area contributed by atoms with E-state index in [1.807, 2.05) is 6.07 Å². The van der Waals surface area contributed by atoms with Gasteiger partial charge in [-0.1, -0.05) is 49.7 Å². The number of nitrogens with two attached hydrogens (primary N) is 1. The molecule has 0 saturated heterocycles. The van der Waals surface area contributed by atoms with Crippen LogP contribution in [0, 0.1) is 5.92 Å². The van der Waals surface area contributed by atoms with Gasteiger partial charge in [0, 0.05) is 0 Å². The molecule has 0 spiro atoms. The van der Waals surface area contributed by atoms with Crippen LogP contribution in [-0.2, 0) is 12.8 Å². The highest BCUT2D eigenvalue weighted by Gasteiger charge is 2.11. The second-order valence-corrected chi connectivity index (χ2v) is 7.75. The summed E-state index contributed by atoms with van der Waals surface area (Å²) in [5, 5.41) is 19.8. The van der Waals surface area contributed by atoms with Crippen molar-refractivity contribution < 1.29 is 10.2 Å². The van der Waals surface area contributed by atoms with Gasteiger partial charge >= 0.3 is 0 Å². The van der Waals surface area contributed by atoms with Crippen LogP contribution in [0.3, 0.4) is 0 Å². The summed E-state index contributed by atoms with van der Waals surface area (Å²) < 4.78 is 0. The lowest BCUT2D eigenvalue weighted by atomic mass is 9.93. The third kappa shape index (κ3) is 8.15. The van der Waals surface area contributed by atoms with Crippen molar-refractivity contribution in [3.05, 3.63) is 65.2 Å². The van der Waals surface area contributed by atoms with Gasteiger partial charge in [0.1, 0.15) is 5.75 Å². The maximum atomic E-state index is 10.3. The van der Waals surface area contributed by atoms with Crippen LogP contribution >= 0.6 is 0 Å².